The fraction of sp³-hybridized carbons (Fsp3) is 0.933. The molecule has 5 heteroatoms. The van der Waals surface area contributed by atoms with Crippen molar-refractivity contribution in [1.29, 1.82) is 0 Å². The minimum atomic E-state index is -0.644. The molecule has 3 aliphatic heterocycles. The van der Waals surface area contributed by atoms with Gasteiger partial charge in [0.1, 0.15) is 0 Å². The predicted molar refractivity (Wildman–Crippen MR) is 71.6 cm³/mol. The second-order valence-electron chi connectivity index (χ2n) is 6.41. The normalized spacial score (nSPS) is 32.9. The maximum Gasteiger partial charge on any atom is 0.310 e. The van der Waals surface area contributed by atoms with E-state index in [-0.39, 0.29) is 11.5 Å². The van der Waals surface area contributed by atoms with E-state index in [0.29, 0.717) is 32.7 Å². The summed E-state index contributed by atoms with van der Waals surface area (Å²) in [5.74, 6) is -0.439. The number of carboxylic acids is 1. The Labute approximate surface area is 119 Å². The van der Waals surface area contributed by atoms with E-state index >= 15 is 0 Å². The summed E-state index contributed by atoms with van der Waals surface area (Å²) in [5.41, 5.74) is -0.741. The molecular formula is C15H24O5. The molecule has 0 bridgehead atoms. The Hall–Kier alpha value is -0.650. The zero-order chi connectivity index (χ0) is 14.1. The van der Waals surface area contributed by atoms with Gasteiger partial charge in [-0.3, -0.25) is 4.79 Å². The zero-order valence-electron chi connectivity index (χ0n) is 11.9. The lowest BCUT2D eigenvalue weighted by molar-refractivity contribution is -0.185. The second kappa shape index (κ2) is 5.62. The largest absolute Gasteiger partial charge is 0.481 e. The van der Waals surface area contributed by atoms with Crippen molar-refractivity contribution in [2.24, 2.45) is 11.3 Å². The molecule has 3 saturated heterocycles. The quantitative estimate of drug-likeness (QED) is 0.838. The third-order valence-corrected chi connectivity index (χ3v) is 5.49. The van der Waals surface area contributed by atoms with E-state index < -0.39 is 11.4 Å². The second-order valence-corrected chi connectivity index (χ2v) is 6.41. The number of aliphatic carboxylic acids is 1. The smallest absolute Gasteiger partial charge is 0.310 e. The van der Waals surface area contributed by atoms with Crippen LogP contribution in [-0.2, 0) is 19.0 Å². The molecule has 5 nitrogen and oxygen atoms in total. The van der Waals surface area contributed by atoms with Crippen LogP contribution in [0.5, 0.6) is 0 Å². The number of hydrogen-bond donors (Lipinski definition) is 1. The first-order chi connectivity index (χ1) is 9.67. The molecule has 0 aromatic carbocycles. The molecule has 3 aliphatic rings. The minimum absolute atomic E-state index is 0.137. The average molecular weight is 284 g/mol. The molecule has 0 aliphatic carbocycles. The lowest BCUT2D eigenvalue weighted by Gasteiger charge is -2.49. The molecule has 3 rings (SSSR count). The molecule has 0 saturated carbocycles. The highest BCUT2D eigenvalue weighted by molar-refractivity contribution is 5.75. The molecule has 1 atom stereocenters. The van der Waals surface area contributed by atoms with Gasteiger partial charge in [0.05, 0.1) is 11.0 Å². The van der Waals surface area contributed by atoms with Crippen LogP contribution in [0.3, 0.4) is 0 Å². The number of rotatable bonds is 2. The van der Waals surface area contributed by atoms with Crippen molar-refractivity contribution >= 4 is 5.97 Å². The first kappa shape index (κ1) is 14.3. The lowest BCUT2D eigenvalue weighted by atomic mass is 9.63. The topological polar surface area (TPSA) is 65.0 Å². The first-order valence-electron chi connectivity index (χ1n) is 7.70. The summed E-state index contributed by atoms with van der Waals surface area (Å²) < 4.78 is 16.9. The number of ether oxygens (including phenoxy) is 3. The molecule has 1 unspecified atom stereocenters. The van der Waals surface area contributed by atoms with Gasteiger partial charge in [-0.2, -0.15) is 0 Å². The van der Waals surface area contributed by atoms with Crippen molar-refractivity contribution in [2.45, 2.75) is 44.1 Å². The van der Waals surface area contributed by atoms with Crippen molar-refractivity contribution in [3.63, 3.8) is 0 Å². The highest BCUT2D eigenvalue weighted by Gasteiger charge is 2.51. The Morgan fingerprint density at radius 3 is 2.15 bits per heavy atom. The molecule has 0 aromatic heterocycles. The van der Waals surface area contributed by atoms with E-state index in [1.807, 2.05) is 0 Å². The molecule has 1 spiro atoms. The van der Waals surface area contributed by atoms with Crippen LogP contribution in [0.4, 0.5) is 0 Å². The molecule has 3 fully saturated rings. The Morgan fingerprint density at radius 2 is 1.55 bits per heavy atom. The van der Waals surface area contributed by atoms with Crippen LogP contribution in [0.1, 0.15) is 38.5 Å². The summed E-state index contributed by atoms with van der Waals surface area (Å²) in [7, 11) is 0. The number of carbonyl (C=O) groups is 1. The average Bonchev–Trinajstić information content (AvgIpc) is 2.48. The van der Waals surface area contributed by atoms with Gasteiger partial charge in [-0.25, -0.2) is 0 Å². The fourth-order valence-corrected chi connectivity index (χ4v) is 4.12. The van der Waals surface area contributed by atoms with Crippen molar-refractivity contribution in [1.82, 2.24) is 0 Å². The summed E-state index contributed by atoms with van der Waals surface area (Å²) in [6, 6.07) is 0. The number of carboxylic acid groups (broad SMARTS) is 1. The molecule has 0 amide bonds. The van der Waals surface area contributed by atoms with E-state index in [1.165, 1.54) is 0 Å². The van der Waals surface area contributed by atoms with Gasteiger partial charge in [0.25, 0.3) is 0 Å². The molecular weight excluding hydrogens is 260 g/mol. The van der Waals surface area contributed by atoms with Crippen molar-refractivity contribution in [3.8, 4) is 0 Å². The van der Waals surface area contributed by atoms with Crippen molar-refractivity contribution < 1.29 is 24.1 Å². The van der Waals surface area contributed by atoms with Gasteiger partial charge in [-0.15, -0.1) is 0 Å². The SMILES string of the molecule is O=C(O)C1(C2CCOC3(CCOCC3)C2)CCOCC1. The minimum Gasteiger partial charge on any atom is -0.481 e. The Kier molecular flexibility index (Phi) is 4.02. The van der Waals surface area contributed by atoms with Gasteiger partial charge < -0.3 is 19.3 Å². The van der Waals surface area contributed by atoms with Gasteiger partial charge in [0.15, 0.2) is 0 Å². The van der Waals surface area contributed by atoms with Crippen LogP contribution in [0.2, 0.25) is 0 Å². The lowest BCUT2D eigenvalue weighted by Crippen LogP contribution is -2.52. The summed E-state index contributed by atoms with van der Waals surface area (Å²) in [4.78, 5) is 11.9. The Bertz CT molecular complexity index is 350. The molecule has 0 radical (unpaired) electrons. The maximum atomic E-state index is 11.9. The highest BCUT2D eigenvalue weighted by Crippen LogP contribution is 2.48. The Balaban J connectivity index is 1.78. The maximum absolute atomic E-state index is 11.9. The van der Waals surface area contributed by atoms with E-state index in [2.05, 4.69) is 0 Å². The Morgan fingerprint density at radius 1 is 0.950 bits per heavy atom. The number of hydrogen-bond acceptors (Lipinski definition) is 4. The summed E-state index contributed by atoms with van der Waals surface area (Å²) in [6.07, 6.45) is 4.79. The monoisotopic (exact) mass is 284 g/mol. The molecule has 114 valence electrons. The van der Waals surface area contributed by atoms with Crippen LogP contribution in [0.25, 0.3) is 0 Å². The van der Waals surface area contributed by atoms with Crippen molar-refractivity contribution in [3.05, 3.63) is 0 Å². The molecule has 0 aromatic rings. The fourth-order valence-electron chi connectivity index (χ4n) is 4.12. The van der Waals surface area contributed by atoms with Crippen LogP contribution in [0.15, 0.2) is 0 Å². The standard InChI is InChI=1S/C15H24O5/c16-13(17)15(4-9-19-10-5-15)12-1-6-20-14(11-12)2-7-18-8-3-14/h12H,1-11H2,(H,16,17). The van der Waals surface area contributed by atoms with Crippen LogP contribution < -0.4 is 0 Å². The van der Waals surface area contributed by atoms with Gasteiger partial charge >= 0.3 is 5.97 Å². The van der Waals surface area contributed by atoms with Crippen LogP contribution >= 0.6 is 0 Å². The van der Waals surface area contributed by atoms with E-state index in [9.17, 15) is 9.90 Å². The van der Waals surface area contributed by atoms with E-state index in [0.717, 1.165) is 38.9 Å². The van der Waals surface area contributed by atoms with E-state index in [4.69, 9.17) is 14.2 Å². The van der Waals surface area contributed by atoms with Crippen LogP contribution in [0, 0.1) is 11.3 Å². The molecule has 3 heterocycles. The highest BCUT2D eigenvalue weighted by atomic mass is 16.5. The predicted octanol–water partition coefficient (Wildman–Crippen LogP) is 1.84. The summed E-state index contributed by atoms with van der Waals surface area (Å²) >= 11 is 0. The summed E-state index contributed by atoms with van der Waals surface area (Å²) in [6.45, 7) is 3.28. The third kappa shape index (κ3) is 2.47. The molecule has 20 heavy (non-hydrogen) atoms. The van der Waals surface area contributed by atoms with E-state index in [1.54, 1.807) is 0 Å². The molecule has 1 N–H and O–H groups in total. The van der Waals surface area contributed by atoms with Gasteiger partial charge in [0, 0.05) is 33.0 Å². The zero-order valence-corrected chi connectivity index (χ0v) is 11.9. The van der Waals surface area contributed by atoms with Crippen LogP contribution in [-0.4, -0.2) is 49.7 Å². The van der Waals surface area contributed by atoms with Crippen molar-refractivity contribution in [2.75, 3.05) is 33.0 Å². The van der Waals surface area contributed by atoms with Gasteiger partial charge in [0.2, 0.25) is 0 Å². The van der Waals surface area contributed by atoms with Gasteiger partial charge in [-0.1, -0.05) is 0 Å². The first-order valence-corrected chi connectivity index (χ1v) is 7.70. The van der Waals surface area contributed by atoms with Gasteiger partial charge in [-0.05, 0) is 44.4 Å². The summed E-state index contributed by atoms with van der Waals surface area (Å²) in [5, 5.41) is 9.81. The third-order valence-electron chi connectivity index (χ3n) is 5.49.